The molecule has 0 saturated carbocycles. The van der Waals surface area contributed by atoms with Crippen LogP contribution in [0.4, 0.5) is 0 Å². The minimum absolute atomic E-state index is 0.255. The molecule has 1 aliphatic rings. The molecule has 31 heavy (non-hydrogen) atoms. The third-order valence-corrected chi connectivity index (χ3v) is 5.70. The van der Waals surface area contributed by atoms with Crippen LogP contribution in [0.2, 0.25) is 0 Å². The Morgan fingerprint density at radius 1 is 1.13 bits per heavy atom. The minimum Gasteiger partial charge on any atom is -0.489 e. The Morgan fingerprint density at radius 2 is 1.94 bits per heavy atom. The number of carbonyl (C=O) groups is 2. The molecule has 1 unspecified atom stereocenters. The lowest BCUT2D eigenvalue weighted by atomic mass is 10.1. The van der Waals surface area contributed by atoms with Crippen LogP contribution < -0.4 is 10.1 Å². The number of ether oxygens (including phenoxy) is 1. The average Bonchev–Trinajstić information content (AvgIpc) is 3.11. The van der Waals surface area contributed by atoms with E-state index in [4.69, 9.17) is 9.84 Å². The molecular weight excluding hydrogens is 414 g/mol. The number of nitrogens with one attached hydrogen (secondary N) is 1. The van der Waals surface area contributed by atoms with E-state index in [9.17, 15) is 9.59 Å². The third-order valence-electron chi connectivity index (χ3n) is 4.62. The smallest absolute Gasteiger partial charge is 0.305 e. The molecule has 2 N–H and O–H groups in total. The minimum atomic E-state index is -1.03. The molecule has 1 fully saturated rings. The molecule has 3 aromatic rings. The summed E-state index contributed by atoms with van der Waals surface area (Å²) >= 11 is 1.06. The Morgan fingerprint density at radius 3 is 2.81 bits per heavy atom. The van der Waals surface area contributed by atoms with Crippen molar-refractivity contribution < 1.29 is 19.4 Å². The lowest BCUT2D eigenvalue weighted by Gasteiger charge is -2.09. The summed E-state index contributed by atoms with van der Waals surface area (Å²) in [6.07, 6.45) is 1.30. The third kappa shape index (κ3) is 5.29. The first-order valence-corrected chi connectivity index (χ1v) is 10.5. The van der Waals surface area contributed by atoms with Crippen LogP contribution in [-0.2, 0) is 16.2 Å². The lowest BCUT2D eigenvalue weighted by molar-refractivity contribution is -0.138. The van der Waals surface area contributed by atoms with Gasteiger partial charge in [0.25, 0.3) is 0 Å². The molecule has 0 aliphatic carbocycles. The molecule has 1 saturated heterocycles. The van der Waals surface area contributed by atoms with E-state index in [1.807, 2.05) is 42.5 Å². The number of carboxylic acid groups (broad SMARTS) is 1. The first-order valence-electron chi connectivity index (χ1n) is 9.58. The molecule has 7 nitrogen and oxygen atoms in total. The summed E-state index contributed by atoms with van der Waals surface area (Å²) in [7, 11) is 0. The van der Waals surface area contributed by atoms with Crippen LogP contribution in [-0.4, -0.2) is 33.6 Å². The fraction of sp³-hybridized carbons (Fsp3) is 0.130. The maximum absolute atomic E-state index is 11.7. The molecule has 0 radical (unpaired) electrons. The normalized spacial score (nSPS) is 17.4. The van der Waals surface area contributed by atoms with Gasteiger partial charge in [-0.1, -0.05) is 66.4 Å². The van der Waals surface area contributed by atoms with E-state index < -0.39 is 11.2 Å². The van der Waals surface area contributed by atoms with Gasteiger partial charge in [0, 0.05) is 0 Å². The van der Waals surface area contributed by atoms with Gasteiger partial charge in [-0.3, -0.25) is 9.59 Å². The highest BCUT2D eigenvalue weighted by atomic mass is 32.2. The first kappa shape index (κ1) is 20.6. The highest BCUT2D eigenvalue weighted by molar-refractivity contribution is 8.15. The number of carboxylic acids is 1. The zero-order valence-electron chi connectivity index (χ0n) is 16.4. The van der Waals surface area contributed by atoms with Crippen LogP contribution in [0, 0.1) is 0 Å². The van der Waals surface area contributed by atoms with Crippen molar-refractivity contribution in [3.05, 3.63) is 77.9 Å². The maximum atomic E-state index is 11.7. The number of amidine groups is 1. The van der Waals surface area contributed by atoms with Crippen molar-refractivity contribution in [2.24, 2.45) is 10.2 Å². The van der Waals surface area contributed by atoms with Crippen LogP contribution in [0.5, 0.6) is 5.75 Å². The van der Waals surface area contributed by atoms with Crippen molar-refractivity contribution in [2.45, 2.75) is 18.3 Å². The van der Waals surface area contributed by atoms with E-state index in [0.717, 1.165) is 28.3 Å². The van der Waals surface area contributed by atoms with Crippen LogP contribution in [0.15, 0.2) is 76.9 Å². The largest absolute Gasteiger partial charge is 0.489 e. The summed E-state index contributed by atoms with van der Waals surface area (Å²) < 4.78 is 5.97. The van der Waals surface area contributed by atoms with Crippen LogP contribution >= 0.6 is 11.8 Å². The van der Waals surface area contributed by atoms with E-state index in [2.05, 4.69) is 39.8 Å². The second-order valence-electron chi connectivity index (χ2n) is 6.84. The van der Waals surface area contributed by atoms with Crippen LogP contribution in [0.3, 0.4) is 0 Å². The van der Waals surface area contributed by atoms with Crippen LogP contribution in [0.1, 0.15) is 17.5 Å². The van der Waals surface area contributed by atoms with Gasteiger partial charge < -0.3 is 15.2 Å². The number of aliphatic carboxylic acids is 1. The second-order valence-corrected chi connectivity index (χ2v) is 8.03. The molecule has 1 heterocycles. The molecule has 1 atom stereocenters. The molecule has 1 amide bonds. The molecule has 3 aromatic carbocycles. The summed E-state index contributed by atoms with van der Waals surface area (Å²) in [5.74, 6) is -0.697. The van der Waals surface area contributed by atoms with Crippen molar-refractivity contribution >= 4 is 45.8 Å². The van der Waals surface area contributed by atoms with E-state index in [1.54, 1.807) is 6.21 Å². The van der Waals surface area contributed by atoms with Crippen molar-refractivity contribution in [1.29, 1.82) is 0 Å². The molecular formula is C23H19N3O4S. The predicted molar refractivity (Wildman–Crippen MR) is 122 cm³/mol. The lowest BCUT2D eigenvalue weighted by Crippen LogP contribution is -2.26. The molecule has 0 bridgehead atoms. The van der Waals surface area contributed by atoms with E-state index in [0.29, 0.717) is 12.4 Å². The number of rotatable bonds is 7. The Labute approximate surface area is 182 Å². The molecule has 4 rings (SSSR count). The number of fused-ring (bicyclic) bond motifs is 1. The monoisotopic (exact) mass is 433 g/mol. The highest BCUT2D eigenvalue weighted by Crippen LogP contribution is 2.23. The van der Waals surface area contributed by atoms with Gasteiger partial charge in [0.2, 0.25) is 5.91 Å². The number of hydrogen-bond acceptors (Lipinski definition) is 6. The quantitative estimate of drug-likeness (QED) is 0.436. The Bertz CT molecular complexity index is 1190. The summed E-state index contributed by atoms with van der Waals surface area (Å²) in [4.78, 5) is 22.5. The Balaban J connectivity index is 1.39. The fourth-order valence-corrected chi connectivity index (χ4v) is 4.07. The summed E-state index contributed by atoms with van der Waals surface area (Å²) in [5.41, 5.74) is 1.89. The SMILES string of the molecule is O=C(O)CC1S/C(=N/N=C/c2cccc(OCc3cccc4ccccc34)c2)NC1=O. The number of benzene rings is 3. The predicted octanol–water partition coefficient (Wildman–Crippen LogP) is 3.82. The fourth-order valence-electron chi connectivity index (χ4n) is 3.16. The molecule has 0 aromatic heterocycles. The van der Waals surface area contributed by atoms with Gasteiger partial charge in [0.15, 0.2) is 5.17 Å². The number of amides is 1. The van der Waals surface area contributed by atoms with E-state index >= 15 is 0 Å². The van der Waals surface area contributed by atoms with Gasteiger partial charge in [-0.25, -0.2) is 0 Å². The number of nitrogens with zero attached hydrogens (tertiary/aromatic N) is 2. The summed E-state index contributed by atoms with van der Waals surface area (Å²) in [5, 5.41) is 21.3. The Kier molecular flexibility index (Phi) is 6.28. The second kappa shape index (κ2) is 9.44. The maximum Gasteiger partial charge on any atom is 0.305 e. The molecule has 0 spiro atoms. The van der Waals surface area contributed by atoms with Gasteiger partial charge in [0.1, 0.15) is 17.6 Å². The van der Waals surface area contributed by atoms with Gasteiger partial charge in [-0.15, -0.1) is 5.10 Å². The number of carbonyl (C=O) groups excluding carboxylic acids is 1. The zero-order chi connectivity index (χ0) is 21.6. The van der Waals surface area contributed by atoms with Crippen LogP contribution in [0.25, 0.3) is 10.8 Å². The highest BCUT2D eigenvalue weighted by Gasteiger charge is 2.32. The number of hydrogen-bond donors (Lipinski definition) is 2. The zero-order valence-corrected chi connectivity index (χ0v) is 17.2. The molecule has 8 heteroatoms. The van der Waals surface area contributed by atoms with Gasteiger partial charge in [-0.2, -0.15) is 5.10 Å². The van der Waals surface area contributed by atoms with Gasteiger partial charge in [-0.05, 0) is 34.0 Å². The van der Waals surface area contributed by atoms with Gasteiger partial charge >= 0.3 is 5.97 Å². The van der Waals surface area contributed by atoms with Gasteiger partial charge in [0.05, 0.1) is 12.6 Å². The first-order chi connectivity index (χ1) is 15.1. The van der Waals surface area contributed by atoms with E-state index in [-0.39, 0.29) is 17.5 Å². The average molecular weight is 433 g/mol. The van der Waals surface area contributed by atoms with Crippen molar-refractivity contribution in [3.63, 3.8) is 0 Å². The summed E-state index contributed by atoms with van der Waals surface area (Å²) in [6.45, 7) is 0.442. The molecule has 156 valence electrons. The van der Waals surface area contributed by atoms with Crippen molar-refractivity contribution in [3.8, 4) is 5.75 Å². The van der Waals surface area contributed by atoms with Crippen molar-refractivity contribution in [2.75, 3.05) is 0 Å². The Hall–Kier alpha value is -3.65. The molecule has 1 aliphatic heterocycles. The standard InChI is InChI=1S/C23H19N3O4S/c27-21(28)12-20-22(29)25-23(31-20)26-24-13-15-5-3-9-18(11-15)30-14-17-8-4-7-16-6-1-2-10-19(16)17/h1-11,13,20H,12,14H2,(H,27,28)(H,25,26,29)/b24-13+. The summed E-state index contributed by atoms with van der Waals surface area (Å²) in [6, 6.07) is 21.8. The van der Waals surface area contributed by atoms with E-state index in [1.165, 1.54) is 5.39 Å². The topological polar surface area (TPSA) is 100 Å². The number of thioether (sulfide) groups is 1. The van der Waals surface area contributed by atoms with Crippen molar-refractivity contribution in [1.82, 2.24) is 5.32 Å².